The molecule has 10 heteroatoms. The molecule has 0 spiro atoms. The molecule has 4 rings (SSSR count). The third-order valence-electron chi connectivity index (χ3n) is 4.62. The Balaban J connectivity index is 1.39. The number of halogens is 1. The van der Waals surface area contributed by atoms with E-state index >= 15 is 0 Å². The fourth-order valence-electron chi connectivity index (χ4n) is 3.15. The molecule has 2 aromatic carbocycles. The number of carbonyl (C=O) groups excluding carboxylic acids is 3. The van der Waals surface area contributed by atoms with Crippen molar-refractivity contribution in [2.75, 3.05) is 5.32 Å². The minimum absolute atomic E-state index is 0.0433. The smallest absolute Gasteiger partial charge is 0.325 e. The Morgan fingerprint density at radius 3 is 2.77 bits per heavy atom. The third-order valence-corrected chi connectivity index (χ3v) is 4.99. The monoisotopic (exact) mass is 424 g/mol. The predicted molar refractivity (Wildman–Crippen MR) is 109 cm³/mol. The molecule has 0 aliphatic carbocycles. The molecule has 30 heavy (non-hydrogen) atoms. The summed E-state index contributed by atoms with van der Waals surface area (Å²) < 4.78 is 0. The van der Waals surface area contributed by atoms with E-state index in [4.69, 9.17) is 11.6 Å². The molecule has 2 heterocycles. The Kier molecular flexibility index (Phi) is 5.44. The summed E-state index contributed by atoms with van der Waals surface area (Å²) in [6, 6.07) is 12.5. The zero-order valence-electron chi connectivity index (χ0n) is 15.6. The van der Waals surface area contributed by atoms with Crippen LogP contribution < -0.4 is 10.6 Å². The molecular formula is C20H17ClN6O3. The number of hydrogen-bond acceptors (Lipinski definition) is 5. The quantitative estimate of drug-likeness (QED) is 0.525. The van der Waals surface area contributed by atoms with Crippen LogP contribution in [-0.4, -0.2) is 44.0 Å². The van der Waals surface area contributed by atoms with Crippen molar-refractivity contribution in [3.05, 3.63) is 65.4 Å². The van der Waals surface area contributed by atoms with Crippen LogP contribution in [-0.2, 0) is 16.1 Å². The molecule has 3 aromatic rings. The Hall–Kier alpha value is -3.72. The highest BCUT2D eigenvalue weighted by molar-refractivity contribution is 6.31. The molecule has 1 saturated heterocycles. The molecule has 9 nitrogen and oxygen atoms in total. The molecular weight excluding hydrogens is 408 g/mol. The highest BCUT2D eigenvalue weighted by Gasteiger charge is 2.39. The van der Waals surface area contributed by atoms with Gasteiger partial charge in [0.25, 0.3) is 5.91 Å². The van der Waals surface area contributed by atoms with Crippen molar-refractivity contribution in [3.63, 3.8) is 0 Å². The van der Waals surface area contributed by atoms with Gasteiger partial charge in [-0.2, -0.15) is 5.10 Å². The predicted octanol–water partition coefficient (Wildman–Crippen LogP) is 2.57. The van der Waals surface area contributed by atoms with E-state index in [1.165, 1.54) is 6.33 Å². The summed E-state index contributed by atoms with van der Waals surface area (Å²) in [6.07, 6.45) is 1.21. The lowest BCUT2D eigenvalue weighted by atomic mass is 10.1. The molecule has 0 radical (unpaired) electrons. The highest BCUT2D eigenvalue weighted by Crippen LogP contribution is 2.21. The van der Waals surface area contributed by atoms with Crippen molar-refractivity contribution < 1.29 is 14.4 Å². The van der Waals surface area contributed by atoms with Crippen LogP contribution >= 0.6 is 11.6 Å². The summed E-state index contributed by atoms with van der Waals surface area (Å²) in [7, 11) is 0. The van der Waals surface area contributed by atoms with Gasteiger partial charge in [-0.15, -0.1) is 0 Å². The van der Waals surface area contributed by atoms with Crippen LogP contribution in [0.5, 0.6) is 0 Å². The second-order valence-corrected chi connectivity index (χ2v) is 7.09. The number of rotatable bonds is 6. The second-order valence-electron chi connectivity index (χ2n) is 6.69. The number of H-pyrrole nitrogens is 1. The molecule has 4 amide bonds. The van der Waals surface area contributed by atoms with Gasteiger partial charge in [0.2, 0.25) is 5.91 Å². The lowest BCUT2D eigenvalue weighted by Crippen LogP contribution is -2.34. The van der Waals surface area contributed by atoms with Crippen molar-refractivity contribution >= 4 is 35.1 Å². The van der Waals surface area contributed by atoms with Gasteiger partial charge in [-0.25, -0.2) is 9.78 Å². The zero-order chi connectivity index (χ0) is 21.1. The van der Waals surface area contributed by atoms with Gasteiger partial charge in [-0.3, -0.25) is 19.6 Å². The minimum Gasteiger partial charge on any atom is -0.326 e. The van der Waals surface area contributed by atoms with Crippen LogP contribution in [0.3, 0.4) is 0 Å². The summed E-state index contributed by atoms with van der Waals surface area (Å²) in [5.41, 5.74) is 1.94. The number of amides is 4. The van der Waals surface area contributed by atoms with Gasteiger partial charge in [0.1, 0.15) is 12.4 Å². The number of imide groups is 1. The Morgan fingerprint density at radius 1 is 1.17 bits per heavy atom. The normalized spacial score (nSPS) is 15.9. The Morgan fingerprint density at radius 2 is 2.00 bits per heavy atom. The lowest BCUT2D eigenvalue weighted by Gasteiger charge is -2.14. The number of urea groups is 1. The van der Waals surface area contributed by atoms with E-state index in [9.17, 15) is 14.4 Å². The largest absolute Gasteiger partial charge is 0.326 e. The van der Waals surface area contributed by atoms with Gasteiger partial charge in [-0.05, 0) is 23.8 Å². The molecule has 1 aliphatic heterocycles. The maximum absolute atomic E-state index is 12.6. The van der Waals surface area contributed by atoms with Gasteiger partial charge in [0.15, 0.2) is 5.82 Å². The summed E-state index contributed by atoms with van der Waals surface area (Å²) >= 11 is 6.11. The fraction of sp³-hybridized carbons (Fsp3) is 0.150. The van der Waals surface area contributed by atoms with Gasteiger partial charge in [-0.1, -0.05) is 41.9 Å². The first-order chi connectivity index (χ1) is 14.5. The van der Waals surface area contributed by atoms with Crippen LogP contribution in [0.25, 0.3) is 11.4 Å². The lowest BCUT2D eigenvalue weighted by molar-refractivity contribution is -0.130. The van der Waals surface area contributed by atoms with Crippen LogP contribution in [0.15, 0.2) is 54.9 Å². The molecule has 3 N–H and O–H groups in total. The number of carbonyl (C=O) groups is 3. The van der Waals surface area contributed by atoms with Crippen molar-refractivity contribution in [2.45, 2.75) is 19.0 Å². The van der Waals surface area contributed by atoms with E-state index in [0.717, 1.165) is 10.5 Å². The van der Waals surface area contributed by atoms with Gasteiger partial charge in [0.05, 0.1) is 13.0 Å². The topological polar surface area (TPSA) is 120 Å². The summed E-state index contributed by atoms with van der Waals surface area (Å²) in [5, 5.41) is 12.3. The number of nitrogens with zero attached hydrogens (tertiary/aromatic N) is 3. The molecule has 0 unspecified atom stereocenters. The first-order valence-corrected chi connectivity index (χ1v) is 9.50. The van der Waals surface area contributed by atoms with Crippen molar-refractivity contribution in [2.24, 2.45) is 0 Å². The van der Waals surface area contributed by atoms with Gasteiger partial charge < -0.3 is 10.6 Å². The number of hydrogen-bond donors (Lipinski definition) is 3. The maximum Gasteiger partial charge on any atom is 0.325 e. The molecule has 0 bridgehead atoms. The molecule has 1 aliphatic rings. The summed E-state index contributed by atoms with van der Waals surface area (Å²) in [6.45, 7) is 0.0433. The number of nitrogens with one attached hydrogen (secondary N) is 3. The summed E-state index contributed by atoms with van der Waals surface area (Å²) in [5.74, 6) is -0.298. The van der Waals surface area contributed by atoms with Crippen molar-refractivity contribution in [1.29, 1.82) is 0 Å². The molecule has 0 saturated carbocycles. The first kappa shape index (κ1) is 19.6. The van der Waals surface area contributed by atoms with Crippen LogP contribution in [0.4, 0.5) is 10.5 Å². The molecule has 1 atom stereocenters. The highest BCUT2D eigenvalue weighted by atomic mass is 35.5. The van der Waals surface area contributed by atoms with E-state index in [2.05, 4.69) is 25.8 Å². The third kappa shape index (κ3) is 4.15. The standard InChI is InChI=1S/C20H17ClN6O3/c21-15-7-2-1-4-13(15)10-27-19(29)16(25-20(27)30)9-17(28)24-14-6-3-5-12(8-14)18-22-11-23-26-18/h1-8,11,16H,9-10H2,(H,24,28)(H,25,30)(H,22,23,26)/t16-/m0/s1. The van der Waals surface area contributed by atoms with Crippen LogP contribution in [0, 0.1) is 0 Å². The van der Waals surface area contributed by atoms with Crippen LogP contribution in [0.1, 0.15) is 12.0 Å². The Labute approximate surface area is 176 Å². The summed E-state index contributed by atoms with van der Waals surface area (Å²) in [4.78, 5) is 42.4. The van der Waals surface area contributed by atoms with E-state index in [0.29, 0.717) is 22.1 Å². The number of aromatic amines is 1. The molecule has 152 valence electrons. The molecule has 1 fully saturated rings. The number of benzene rings is 2. The van der Waals surface area contributed by atoms with Crippen LogP contribution in [0.2, 0.25) is 5.02 Å². The minimum atomic E-state index is -0.933. The Bertz CT molecular complexity index is 1100. The average molecular weight is 425 g/mol. The van der Waals surface area contributed by atoms with Crippen molar-refractivity contribution in [3.8, 4) is 11.4 Å². The van der Waals surface area contributed by atoms with Gasteiger partial charge >= 0.3 is 6.03 Å². The van der Waals surface area contributed by atoms with E-state index in [1.807, 2.05) is 6.07 Å². The molecule has 1 aromatic heterocycles. The maximum atomic E-state index is 12.6. The second kappa shape index (κ2) is 8.34. The zero-order valence-corrected chi connectivity index (χ0v) is 16.4. The van der Waals surface area contributed by atoms with Gasteiger partial charge in [0, 0.05) is 16.3 Å². The number of aromatic nitrogens is 3. The number of anilines is 1. The first-order valence-electron chi connectivity index (χ1n) is 9.12. The SMILES string of the molecule is O=C(C[C@@H]1NC(=O)N(Cc2ccccc2Cl)C1=O)Nc1cccc(-c2ncn[nH]2)c1. The van der Waals surface area contributed by atoms with Crippen molar-refractivity contribution in [1.82, 2.24) is 25.4 Å². The fourth-order valence-corrected chi connectivity index (χ4v) is 3.34. The van der Waals surface area contributed by atoms with E-state index in [-0.39, 0.29) is 13.0 Å². The van der Waals surface area contributed by atoms with E-state index < -0.39 is 23.9 Å². The average Bonchev–Trinajstić information content (AvgIpc) is 3.35. The van der Waals surface area contributed by atoms with E-state index in [1.54, 1.807) is 42.5 Å².